The fourth-order valence-corrected chi connectivity index (χ4v) is 2.60. The van der Waals surface area contributed by atoms with Crippen LogP contribution in [-0.4, -0.2) is 24.2 Å². The van der Waals surface area contributed by atoms with E-state index in [0.29, 0.717) is 25.2 Å². The molecule has 1 aliphatic rings. The molecular formula is C14H15FN2O2. The van der Waals surface area contributed by atoms with Crippen LogP contribution in [0.3, 0.4) is 0 Å². The van der Waals surface area contributed by atoms with E-state index >= 15 is 0 Å². The van der Waals surface area contributed by atoms with Crippen molar-refractivity contribution in [3.63, 3.8) is 0 Å². The third kappa shape index (κ3) is 2.84. The first kappa shape index (κ1) is 13.3. The first-order chi connectivity index (χ1) is 9.01. The number of benzene rings is 1. The number of rotatable bonds is 2. The Balaban J connectivity index is 2.31. The molecule has 0 amide bonds. The maximum atomic E-state index is 13.1. The smallest absolute Gasteiger partial charge is 0.308 e. The van der Waals surface area contributed by atoms with Crippen LogP contribution in [0.25, 0.3) is 0 Å². The number of nitrogens with zero attached hydrogens (tertiary/aromatic N) is 2. The number of hydrogen-bond donors (Lipinski definition) is 1. The number of hydrogen-bond acceptors (Lipinski definition) is 3. The summed E-state index contributed by atoms with van der Waals surface area (Å²) >= 11 is 0. The molecule has 0 saturated carbocycles. The van der Waals surface area contributed by atoms with Gasteiger partial charge in [0.25, 0.3) is 0 Å². The van der Waals surface area contributed by atoms with Crippen LogP contribution in [0.4, 0.5) is 10.1 Å². The molecule has 4 nitrogen and oxygen atoms in total. The molecule has 0 aromatic heterocycles. The highest BCUT2D eigenvalue weighted by Gasteiger charge is 2.30. The summed E-state index contributed by atoms with van der Waals surface area (Å²) in [6, 6.07) is 5.99. The minimum Gasteiger partial charge on any atom is -0.481 e. The van der Waals surface area contributed by atoms with E-state index in [2.05, 4.69) is 0 Å². The average molecular weight is 262 g/mol. The SMILES string of the molecule is CC1CC(C(=O)O)CN(c2ccc(F)cc2C#N)C1. The molecule has 0 spiro atoms. The molecule has 1 aliphatic heterocycles. The first-order valence-corrected chi connectivity index (χ1v) is 6.18. The molecule has 2 rings (SSSR count). The van der Waals surface area contributed by atoms with E-state index in [9.17, 15) is 9.18 Å². The van der Waals surface area contributed by atoms with Crippen molar-refractivity contribution in [2.75, 3.05) is 18.0 Å². The molecule has 1 heterocycles. The van der Waals surface area contributed by atoms with Gasteiger partial charge in [-0.1, -0.05) is 6.92 Å². The Kier molecular flexibility index (Phi) is 3.70. The van der Waals surface area contributed by atoms with E-state index in [0.717, 1.165) is 0 Å². The van der Waals surface area contributed by atoms with Gasteiger partial charge in [-0.05, 0) is 30.5 Å². The molecule has 5 heteroatoms. The largest absolute Gasteiger partial charge is 0.481 e. The predicted molar refractivity (Wildman–Crippen MR) is 68.2 cm³/mol. The van der Waals surface area contributed by atoms with Gasteiger partial charge in [-0.25, -0.2) is 4.39 Å². The van der Waals surface area contributed by atoms with Gasteiger partial charge in [0.15, 0.2) is 0 Å². The van der Waals surface area contributed by atoms with Crippen LogP contribution in [0.2, 0.25) is 0 Å². The van der Waals surface area contributed by atoms with Gasteiger partial charge >= 0.3 is 5.97 Å². The van der Waals surface area contributed by atoms with Gasteiger partial charge in [-0.3, -0.25) is 4.79 Å². The molecule has 1 fully saturated rings. The summed E-state index contributed by atoms with van der Waals surface area (Å²) in [5.41, 5.74) is 0.861. The minimum atomic E-state index is -0.822. The average Bonchev–Trinajstić information content (AvgIpc) is 2.37. The van der Waals surface area contributed by atoms with E-state index in [-0.39, 0.29) is 11.5 Å². The second-order valence-corrected chi connectivity index (χ2v) is 5.05. The summed E-state index contributed by atoms with van der Waals surface area (Å²) in [6.45, 7) is 3.03. The van der Waals surface area contributed by atoms with Crippen LogP contribution in [-0.2, 0) is 4.79 Å². The zero-order valence-corrected chi connectivity index (χ0v) is 10.6. The number of halogens is 1. The van der Waals surface area contributed by atoms with E-state index in [1.165, 1.54) is 12.1 Å². The quantitative estimate of drug-likeness (QED) is 0.887. The van der Waals surface area contributed by atoms with Crippen LogP contribution in [0.1, 0.15) is 18.9 Å². The molecule has 19 heavy (non-hydrogen) atoms. The summed E-state index contributed by atoms with van der Waals surface area (Å²) in [7, 11) is 0. The Labute approximate surface area is 111 Å². The third-order valence-corrected chi connectivity index (χ3v) is 3.43. The summed E-state index contributed by atoms with van der Waals surface area (Å²) in [6.07, 6.45) is 0.634. The maximum Gasteiger partial charge on any atom is 0.308 e. The second kappa shape index (κ2) is 5.27. The number of aliphatic carboxylic acids is 1. The molecule has 0 radical (unpaired) electrons. The predicted octanol–water partition coefficient (Wildman–Crippen LogP) is 2.24. The van der Waals surface area contributed by atoms with Crippen molar-refractivity contribution in [3.8, 4) is 6.07 Å². The van der Waals surface area contributed by atoms with Gasteiger partial charge in [0.05, 0.1) is 17.2 Å². The Hall–Kier alpha value is -2.09. The fraction of sp³-hybridized carbons (Fsp3) is 0.429. The Morgan fingerprint density at radius 3 is 2.89 bits per heavy atom. The molecular weight excluding hydrogens is 247 g/mol. The van der Waals surface area contributed by atoms with Crippen LogP contribution < -0.4 is 4.90 Å². The van der Waals surface area contributed by atoms with Crippen LogP contribution in [0, 0.1) is 29.0 Å². The number of carboxylic acid groups (broad SMARTS) is 1. The number of nitriles is 1. The highest BCUT2D eigenvalue weighted by Crippen LogP contribution is 2.29. The van der Waals surface area contributed by atoms with Crippen molar-refractivity contribution in [2.24, 2.45) is 11.8 Å². The van der Waals surface area contributed by atoms with E-state index in [1.54, 1.807) is 6.07 Å². The number of anilines is 1. The molecule has 1 aromatic rings. The Morgan fingerprint density at radius 2 is 2.26 bits per heavy atom. The van der Waals surface area contributed by atoms with E-state index in [1.807, 2.05) is 17.9 Å². The van der Waals surface area contributed by atoms with Gasteiger partial charge in [0, 0.05) is 13.1 Å². The van der Waals surface area contributed by atoms with E-state index in [4.69, 9.17) is 10.4 Å². The van der Waals surface area contributed by atoms with Gasteiger partial charge < -0.3 is 10.0 Å². The van der Waals surface area contributed by atoms with Crippen molar-refractivity contribution >= 4 is 11.7 Å². The van der Waals surface area contributed by atoms with Crippen molar-refractivity contribution in [3.05, 3.63) is 29.6 Å². The van der Waals surface area contributed by atoms with Crippen molar-refractivity contribution in [1.82, 2.24) is 0 Å². The topological polar surface area (TPSA) is 64.3 Å². The Morgan fingerprint density at radius 1 is 1.53 bits per heavy atom. The lowest BCUT2D eigenvalue weighted by molar-refractivity contribution is -0.142. The number of carboxylic acids is 1. The molecule has 100 valence electrons. The lowest BCUT2D eigenvalue weighted by Gasteiger charge is -2.36. The number of piperidine rings is 1. The normalized spacial score (nSPS) is 22.9. The van der Waals surface area contributed by atoms with Crippen molar-refractivity contribution in [2.45, 2.75) is 13.3 Å². The molecule has 2 atom stereocenters. The second-order valence-electron chi connectivity index (χ2n) is 5.05. The standard InChI is InChI=1S/C14H15FN2O2/c1-9-4-11(14(18)19)8-17(7-9)13-3-2-12(15)5-10(13)6-16/h2-3,5,9,11H,4,7-8H2,1H3,(H,18,19). The summed E-state index contributed by atoms with van der Waals surface area (Å²) in [5, 5.41) is 18.2. The summed E-state index contributed by atoms with van der Waals surface area (Å²) in [5.74, 6) is -1.50. The zero-order chi connectivity index (χ0) is 14.0. The van der Waals surface area contributed by atoms with Gasteiger partial charge in [0.1, 0.15) is 11.9 Å². The lowest BCUT2D eigenvalue weighted by atomic mass is 9.90. The van der Waals surface area contributed by atoms with Crippen LogP contribution in [0.15, 0.2) is 18.2 Å². The molecule has 1 N–H and O–H groups in total. The van der Waals surface area contributed by atoms with Gasteiger partial charge in [-0.15, -0.1) is 0 Å². The monoisotopic (exact) mass is 262 g/mol. The zero-order valence-electron chi connectivity index (χ0n) is 10.6. The highest BCUT2D eigenvalue weighted by atomic mass is 19.1. The van der Waals surface area contributed by atoms with Crippen molar-refractivity contribution < 1.29 is 14.3 Å². The maximum absolute atomic E-state index is 13.1. The van der Waals surface area contributed by atoms with Crippen LogP contribution in [0.5, 0.6) is 0 Å². The fourth-order valence-electron chi connectivity index (χ4n) is 2.60. The minimum absolute atomic E-state index is 0.228. The third-order valence-electron chi connectivity index (χ3n) is 3.43. The molecule has 0 bridgehead atoms. The lowest BCUT2D eigenvalue weighted by Crippen LogP contribution is -2.42. The Bertz CT molecular complexity index is 539. The van der Waals surface area contributed by atoms with Gasteiger partial charge in [-0.2, -0.15) is 5.26 Å². The molecule has 1 saturated heterocycles. The van der Waals surface area contributed by atoms with Gasteiger partial charge in [0.2, 0.25) is 0 Å². The van der Waals surface area contributed by atoms with Crippen molar-refractivity contribution in [1.29, 1.82) is 5.26 Å². The molecule has 0 aliphatic carbocycles. The highest BCUT2D eigenvalue weighted by molar-refractivity contribution is 5.72. The molecule has 2 unspecified atom stereocenters. The van der Waals surface area contributed by atoms with Crippen LogP contribution >= 0.6 is 0 Å². The summed E-state index contributed by atoms with van der Waals surface area (Å²) in [4.78, 5) is 13.0. The molecule has 1 aromatic carbocycles. The first-order valence-electron chi connectivity index (χ1n) is 6.18. The number of carbonyl (C=O) groups is 1. The van der Waals surface area contributed by atoms with E-state index < -0.39 is 17.7 Å². The summed E-state index contributed by atoms with van der Waals surface area (Å²) < 4.78 is 13.1.